The summed E-state index contributed by atoms with van der Waals surface area (Å²) >= 11 is 0. The SMILES string of the molecule is c1ccc(-c2cccc(-c3c4ccccc4c(-c4ccc(-c5cccc6ccc7ccccc7c56)cc4)c4ccccc34)c2)cc1. The molecule has 0 heterocycles. The zero-order chi connectivity index (χ0) is 30.5. The molecule has 0 aromatic heterocycles. The highest BCUT2D eigenvalue weighted by atomic mass is 14.2. The fourth-order valence-electron chi connectivity index (χ4n) is 7.35. The van der Waals surface area contributed by atoms with E-state index in [9.17, 15) is 0 Å². The van der Waals surface area contributed by atoms with Crippen molar-refractivity contribution >= 4 is 43.1 Å². The van der Waals surface area contributed by atoms with Gasteiger partial charge in [-0.2, -0.15) is 0 Å². The lowest BCUT2D eigenvalue weighted by Gasteiger charge is -2.18. The highest BCUT2D eigenvalue weighted by Crippen LogP contribution is 2.45. The van der Waals surface area contributed by atoms with Gasteiger partial charge in [-0.1, -0.05) is 176 Å². The standard InChI is InChI=1S/C46H30/c1-2-12-31(13-3-1)36-16-10-17-37(30-36)46-42-21-8-6-19-40(42)45(41-20-7-9-22-43(41)46)35-28-25-33(26-29-35)39-23-11-15-34-27-24-32-14-4-5-18-38(32)44(34)39/h1-30H. The molecule has 214 valence electrons. The van der Waals surface area contributed by atoms with Gasteiger partial charge in [0.2, 0.25) is 0 Å². The number of hydrogen-bond acceptors (Lipinski definition) is 0. The first kappa shape index (κ1) is 26.4. The first-order chi connectivity index (χ1) is 22.8. The topological polar surface area (TPSA) is 0 Å². The highest BCUT2D eigenvalue weighted by molar-refractivity contribution is 6.21. The number of rotatable bonds is 4. The Kier molecular flexibility index (Phi) is 6.25. The molecule has 0 N–H and O–H groups in total. The highest BCUT2D eigenvalue weighted by Gasteiger charge is 2.17. The van der Waals surface area contributed by atoms with E-state index < -0.39 is 0 Å². The molecule has 9 rings (SSSR count). The Morgan fingerprint density at radius 1 is 0.239 bits per heavy atom. The van der Waals surface area contributed by atoms with Gasteiger partial charge in [0, 0.05) is 0 Å². The van der Waals surface area contributed by atoms with Crippen LogP contribution in [0.25, 0.3) is 87.6 Å². The Morgan fingerprint density at radius 2 is 0.717 bits per heavy atom. The van der Waals surface area contributed by atoms with Crippen molar-refractivity contribution in [2.24, 2.45) is 0 Å². The first-order valence-electron chi connectivity index (χ1n) is 15.9. The van der Waals surface area contributed by atoms with Gasteiger partial charge in [-0.05, 0) is 93.7 Å². The molecule has 46 heavy (non-hydrogen) atoms. The van der Waals surface area contributed by atoms with E-state index in [1.807, 2.05) is 0 Å². The van der Waals surface area contributed by atoms with Crippen LogP contribution in [0.15, 0.2) is 182 Å². The molecule has 0 spiro atoms. The molecule has 0 nitrogen and oxygen atoms in total. The van der Waals surface area contributed by atoms with Crippen LogP contribution in [-0.4, -0.2) is 0 Å². The van der Waals surface area contributed by atoms with E-state index in [-0.39, 0.29) is 0 Å². The van der Waals surface area contributed by atoms with Gasteiger partial charge in [0.15, 0.2) is 0 Å². The van der Waals surface area contributed by atoms with Crippen LogP contribution in [0.4, 0.5) is 0 Å². The summed E-state index contributed by atoms with van der Waals surface area (Å²) in [6, 6.07) is 66.5. The maximum absolute atomic E-state index is 2.34. The lowest BCUT2D eigenvalue weighted by atomic mass is 9.85. The molecule has 0 amide bonds. The lowest BCUT2D eigenvalue weighted by Crippen LogP contribution is -1.91. The van der Waals surface area contributed by atoms with E-state index >= 15 is 0 Å². The fourth-order valence-corrected chi connectivity index (χ4v) is 7.35. The van der Waals surface area contributed by atoms with Crippen LogP contribution >= 0.6 is 0 Å². The van der Waals surface area contributed by atoms with Crippen molar-refractivity contribution in [1.82, 2.24) is 0 Å². The summed E-state index contributed by atoms with van der Waals surface area (Å²) in [4.78, 5) is 0. The summed E-state index contributed by atoms with van der Waals surface area (Å²) in [5, 5.41) is 10.2. The fraction of sp³-hybridized carbons (Fsp3) is 0. The van der Waals surface area contributed by atoms with Crippen LogP contribution in [0.2, 0.25) is 0 Å². The molecular weight excluding hydrogens is 553 g/mol. The Labute approximate surface area is 268 Å². The Morgan fingerprint density at radius 3 is 1.41 bits per heavy atom. The van der Waals surface area contributed by atoms with E-state index in [0.717, 1.165) is 0 Å². The molecule has 0 saturated carbocycles. The van der Waals surface area contributed by atoms with Crippen molar-refractivity contribution in [3.63, 3.8) is 0 Å². The molecular formula is C46H30. The molecule has 0 aliphatic carbocycles. The van der Waals surface area contributed by atoms with Gasteiger partial charge in [0.1, 0.15) is 0 Å². The van der Waals surface area contributed by atoms with Crippen molar-refractivity contribution in [1.29, 1.82) is 0 Å². The number of benzene rings is 9. The molecule has 0 saturated heterocycles. The summed E-state index contributed by atoms with van der Waals surface area (Å²) in [7, 11) is 0. The molecule has 0 bridgehead atoms. The van der Waals surface area contributed by atoms with Gasteiger partial charge in [0.05, 0.1) is 0 Å². The van der Waals surface area contributed by atoms with Crippen LogP contribution < -0.4 is 0 Å². The van der Waals surface area contributed by atoms with Crippen LogP contribution in [0.3, 0.4) is 0 Å². The Hall–Kier alpha value is -5.98. The summed E-state index contributed by atoms with van der Waals surface area (Å²) in [6.45, 7) is 0. The minimum Gasteiger partial charge on any atom is -0.0622 e. The monoisotopic (exact) mass is 582 g/mol. The third-order valence-corrected chi connectivity index (χ3v) is 9.44. The molecule has 0 heteroatoms. The Bertz CT molecular complexity index is 2500. The molecule has 9 aromatic carbocycles. The third-order valence-electron chi connectivity index (χ3n) is 9.44. The second-order valence-electron chi connectivity index (χ2n) is 12.1. The normalized spacial score (nSPS) is 11.5. The van der Waals surface area contributed by atoms with Crippen LogP contribution in [-0.2, 0) is 0 Å². The predicted molar refractivity (Wildman–Crippen MR) is 198 cm³/mol. The molecule has 9 aromatic rings. The van der Waals surface area contributed by atoms with E-state index in [2.05, 4.69) is 182 Å². The van der Waals surface area contributed by atoms with Gasteiger partial charge in [-0.25, -0.2) is 0 Å². The van der Waals surface area contributed by atoms with Crippen LogP contribution in [0.5, 0.6) is 0 Å². The van der Waals surface area contributed by atoms with Crippen LogP contribution in [0, 0.1) is 0 Å². The Balaban J connectivity index is 1.24. The minimum atomic E-state index is 1.23. The zero-order valence-electron chi connectivity index (χ0n) is 25.3. The number of hydrogen-bond donors (Lipinski definition) is 0. The molecule has 0 atom stereocenters. The summed E-state index contributed by atoms with van der Waals surface area (Å²) in [6.07, 6.45) is 0. The maximum atomic E-state index is 2.34. The van der Waals surface area contributed by atoms with Gasteiger partial charge < -0.3 is 0 Å². The van der Waals surface area contributed by atoms with Crippen molar-refractivity contribution in [3.05, 3.63) is 182 Å². The molecule has 0 aliphatic rings. The zero-order valence-corrected chi connectivity index (χ0v) is 25.3. The van der Waals surface area contributed by atoms with Gasteiger partial charge in [0.25, 0.3) is 0 Å². The summed E-state index contributed by atoms with van der Waals surface area (Å²) < 4.78 is 0. The van der Waals surface area contributed by atoms with E-state index in [1.54, 1.807) is 0 Å². The average molecular weight is 583 g/mol. The number of fused-ring (bicyclic) bond motifs is 5. The van der Waals surface area contributed by atoms with Crippen molar-refractivity contribution in [2.45, 2.75) is 0 Å². The average Bonchev–Trinajstić information content (AvgIpc) is 3.14. The first-order valence-corrected chi connectivity index (χ1v) is 15.9. The smallest absolute Gasteiger partial charge is 0.00262 e. The van der Waals surface area contributed by atoms with E-state index in [4.69, 9.17) is 0 Å². The predicted octanol–water partition coefficient (Wildman–Crippen LogP) is 13.0. The van der Waals surface area contributed by atoms with Crippen molar-refractivity contribution in [2.75, 3.05) is 0 Å². The second-order valence-corrected chi connectivity index (χ2v) is 12.1. The van der Waals surface area contributed by atoms with Gasteiger partial charge >= 0.3 is 0 Å². The van der Waals surface area contributed by atoms with Gasteiger partial charge in [-0.15, -0.1) is 0 Å². The maximum Gasteiger partial charge on any atom is -0.00262 e. The van der Waals surface area contributed by atoms with Gasteiger partial charge in [-0.3, -0.25) is 0 Å². The largest absolute Gasteiger partial charge is 0.0622 e. The molecule has 0 unspecified atom stereocenters. The third kappa shape index (κ3) is 4.30. The molecule has 0 radical (unpaired) electrons. The van der Waals surface area contributed by atoms with Crippen LogP contribution in [0.1, 0.15) is 0 Å². The quantitative estimate of drug-likeness (QED) is 0.143. The van der Waals surface area contributed by atoms with Crippen molar-refractivity contribution < 1.29 is 0 Å². The van der Waals surface area contributed by atoms with E-state index in [1.165, 1.54) is 87.6 Å². The van der Waals surface area contributed by atoms with E-state index in [0.29, 0.717) is 0 Å². The lowest BCUT2D eigenvalue weighted by molar-refractivity contribution is 1.61. The summed E-state index contributed by atoms with van der Waals surface area (Å²) in [5.74, 6) is 0. The summed E-state index contributed by atoms with van der Waals surface area (Å²) in [5.41, 5.74) is 9.99. The molecule has 0 aliphatic heterocycles. The van der Waals surface area contributed by atoms with Crippen molar-refractivity contribution in [3.8, 4) is 44.5 Å². The minimum absolute atomic E-state index is 1.23. The molecule has 0 fully saturated rings. The second kappa shape index (κ2) is 10.9.